The zero-order chi connectivity index (χ0) is 17.2. The van der Waals surface area contributed by atoms with E-state index in [1.165, 1.54) is 0 Å². The summed E-state index contributed by atoms with van der Waals surface area (Å²) < 4.78 is 22.3. The molecule has 2 aromatic rings. The van der Waals surface area contributed by atoms with Crippen molar-refractivity contribution >= 4 is 33.3 Å². The molecule has 2 rings (SSSR count). The van der Waals surface area contributed by atoms with Gasteiger partial charge >= 0.3 is 0 Å². The van der Waals surface area contributed by atoms with Crippen LogP contribution in [0.5, 0.6) is 0 Å². The molecule has 0 saturated heterocycles. The fourth-order valence-corrected chi connectivity index (χ4v) is 3.19. The third-order valence-corrected chi connectivity index (χ3v) is 4.66. The van der Waals surface area contributed by atoms with Gasteiger partial charge in [-0.25, -0.2) is 4.98 Å². The summed E-state index contributed by atoms with van der Waals surface area (Å²) in [5, 5.41) is 0.533. The van der Waals surface area contributed by atoms with Crippen LogP contribution in [0.3, 0.4) is 0 Å². The lowest BCUT2D eigenvalue weighted by Gasteiger charge is -2.12. The van der Waals surface area contributed by atoms with Crippen LogP contribution >= 0.6 is 11.6 Å². The van der Waals surface area contributed by atoms with Crippen LogP contribution in [0.15, 0.2) is 20.9 Å². The van der Waals surface area contributed by atoms with Gasteiger partial charge < -0.3 is 17.9 Å². The van der Waals surface area contributed by atoms with Crippen molar-refractivity contribution in [3.8, 4) is 0 Å². The maximum atomic E-state index is 12.2. The minimum absolute atomic E-state index is 0.196. The molecule has 0 bridgehead atoms. The summed E-state index contributed by atoms with van der Waals surface area (Å²) in [7, 11) is 2.57. The van der Waals surface area contributed by atoms with Crippen molar-refractivity contribution in [2.45, 2.75) is 31.9 Å². The van der Waals surface area contributed by atoms with Gasteiger partial charge in [-0.1, -0.05) is 38.1 Å². The first-order valence-corrected chi connectivity index (χ1v) is 9.13. The number of hydrogen-bond donors (Lipinski definition) is 0. The van der Waals surface area contributed by atoms with Crippen LogP contribution < -0.4 is 0 Å². The van der Waals surface area contributed by atoms with E-state index in [9.17, 15) is 4.21 Å². The summed E-state index contributed by atoms with van der Waals surface area (Å²) >= 11 is 6.28. The fraction of sp³-hybridized carbons (Fsp3) is 0.562. The van der Waals surface area contributed by atoms with Crippen molar-refractivity contribution in [2.75, 3.05) is 27.2 Å². The summed E-state index contributed by atoms with van der Waals surface area (Å²) in [5.41, 5.74) is 1.86. The molecule has 5 nitrogen and oxygen atoms in total. The SMILES string of the molecule is CN(C)CCN=[S-](=O)Cc1c(Cl)ccc2nc(C(C)(C)C)oc12. The quantitative estimate of drug-likeness (QED) is 0.760. The first-order valence-electron chi connectivity index (χ1n) is 7.47. The molecular weight excluding hydrogens is 334 g/mol. The molecule has 0 spiro atoms. The summed E-state index contributed by atoms with van der Waals surface area (Å²) in [4.78, 5) is 6.52. The third-order valence-electron chi connectivity index (χ3n) is 3.30. The van der Waals surface area contributed by atoms with Crippen molar-refractivity contribution in [3.63, 3.8) is 0 Å². The van der Waals surface area contributed by atoms with E-state index in [1.54, 1.807) is 6.07 Å². The topological polar surface area (TPSA) is 58.7 Å². The molecule has 1 aromatic carbocycles. The Hall–Kier alpha value is -1.11. The summed E-state index contributed by atoms with van der Waals surface area (Å²) in [6, 6.07) is 3.59. The molecule has 7 heteroatoms. The van der Waals surface area contributed by atoms with Crippen LogP contribution in [0.4, 0.5) is 0 Å². The number of likely N-dealkylation sites (N-methyl/N-ethyl adjacent to an activating group) is 1. The number of oxazole rings is 1. The van der Waals surface area contributed by atoms with Crippen molar-refractivity contribution in [2.24, 2.45) is 4.36 Å². The van der Waals surface area contributed by atoms with E-state index in [0.717, 1.165) is 12.1 Å². The lowest BCUT2D eigenvalue weighted by Crippen LogP contribution is -2.15. The number of hydrogen-bond acceptors (Lipinski definition) is 6. The largest absolute Gasteiger partial charge is 0.444 e. The standard InChI is InChI=1S/C16H23ClN3O2S/c1-16(2,3)15-19-13-7-6-12(17)11(14(13)22-15)10-23(21)18-8-9-20(4)5/h6-7H,8-10H2,1-5H3/q-1. The van der Waals surface area contributed by atoms with Crippen molar-refractivity contribution in [3.05, 3.63) is 28.6 Å². The molecule has 0 N–H and O–H groups in total. The lowest BCUT2D eigenvalue weighted by molar-refractivity contribution is 0.410. The second-order valence-electron chi connectivity index (χ2n) is 6.77. The smallest absolute Gasteiger partial charge is 0.200 e. The van der Waals surface area contributed by atoms with E-state index in [1.807, 2.05) is 45.8 Å². The summed E-state index contributed by atoms with van der Waals surface area (Å²) in [6.07, 6.45) is 0. The Balaban J connectivity index is 2.34. The molecule has 0 atom stereocenters. The summed E-state index contributed by atoms with van der Waals surface area (Å²) in [5.74, 6) is 0.883. The molecule has 0 radical (unpaired) electrons. The molecule has 0 aliphatic heterocycles. The van der Waals surface area contributed by atoms with Crippen LogP contribution in [-0.4, -0.2) is 37.1 Å². The van der Waals surface area contributed by atoms with Crippen molar-refractivity contribution in [1.82, 2.24) is 9.88 Å². The van der Waals surface area contributed by atoms with Crippen LogP contribution in [0.1, 0.15) is 32.2 Å². The number of aromatic nitrogens is 1. The molecule has 1 heterocycles. The van der Waals surface area contributed by atoms with Crippen molar-refractivity contribution < 1.29 is 8.63 Å². The van der Waals surface area contributed by atoms with Gasteiger partial charge in [0.25, 0.3) is 0 Å². The predicted molar refractivity (Wildman–Crippen MR) is 95.3 cm³/mol. The van der Waals surface area contributed by atoms with Gasteiger partial charge in [0.15, 0.2) is 5.58 Å². The average molecular weight is 357 g/mol. The highest BCUT2D eigenvalue weighted by molar-refractivity contribution is 7.74. The molecule has 0 saturated carbocycles. The Morgan fingerprint density at radius 2 is 2.04 bits per heavy atom. The number of nitrogens with zero attached hydrogens (tertiary/aromatic N) is 3. The highest BCUT2D eigenvalue weighted by atomic mass is 35.5. The Kier molecular flexibility index (Phi) is 5.70. The van der Waals surface area contributed by atoms with E-state index in [0.29, 0.717) is 28.6 Å². The first kappa shape index (κ1) is 18.2. The molecule has 1 aromatic heterocycles. The predicted octanol–water partition coefficient (Wildman–Crippen LogP) is 3.99. The van der Waals surface area contributed by atoms with Crippen LogP contribution in [-0.2, 0) is 26.0 Å². The van der Waals surface area contributed by atoms with E-state index in [4.69, 9.17) is 16.0 Å². The molecule has 0 aliphatic carbocycles. The zero-order valence-corrected chi connectivity index (χ0v) is 15.8. The Bertz CT molecular complexity index is 771. The van der Waals surface area contributed by atoms with Gasteiger partial charge in [0, 0.05) is 23.5 Å². The van der Waals surface area contributed by atoms with Gasteiger partial charge in [-0.15, -0.1) is 0 Å². The number of fused-ring (bicyclic) bond motifs is 1. The molecule has 0 aliphatic rings. The number of benzene rings is 1. The lowest BCUT2D eigenvalue weighted by atomic mass is 9.97. The van der Waals surface area contributed by atoms with Crippen molar-refractivity contribution in [1.29, 1.82) is 0 Å². The van der Waals surface area contributed by atoms with Crippen LogP contribution in [0.25, 0.3) is 11.1 Å². The first-order chi connectivity index (χ1) is 10.7. The van der Waals surface area contributed by atoms with Gasteiger partial charge in [0.05, 0.1) is 0 Å². The minimum atomic E-state index is -1.34. The number of halogens is 1. The van der Waals surface area contributed by atoms with E-state index >= 15 is 0 Å². The molecular formula is C16H23ClN3O2S-. The minimum Gasteiger partial charge on any atom is -0.444 e. The monoisotopic (exact) mass is 356 g/mol. The van der Waals surface area contributed by atoms with Gasteiger partial charge in [-0.3, -0.25) is 0 Å². The third kappa shape index (κ3) is 4.68. The van der Waals surface area contributed by atoms with Gasteiger partial charge in [-0.2, -0.15) is 10.6 Å². The van der Waals surface area contributed by atoms with E-state index in [2.05, 4.69) is 9.35 Å². The van der Waals surface area contributed by atoms with Crippen LogP contribution in [0.2, 0.25) is 5.02 Å². The van der Waals surface area contributed by atoms with Gasteiger partial charge in [-0.05, 0) is 31.8 Å². The zero-order valence-electron chi connectivity index (χ0n) is 14.2. The average Bonchev–Trinajstić information content (AvgIpc) is 2.86. The van der Waals surface area contributed by atoms with Gasteiger partial charge in [0.1, 0.15) is 5.52 Å². The van der Waals surface area contributed by atoms with E-state index < -0.39 is 10.6 Å². The second-order valence-corrected chi connectivity index (χ2v) is 8.36. The van der Waals surface area contributed by atoms with E-state index in [-0.39, 0.29) is 11.2 Å². The Morgan fingerprint density at radius 3 is 2.65 bits per heavy atom. The molecule has 128 valence electrons. The Labute approximate surface area is 144 Å². The number of rotatable bonds is 5. The highest BCUT2D eigenvalue weighted by Crippen LogP contribution is 2.31. The van der Waals surface area contributed by atoms with Crippen LogP contribution in [0, 0.1) is 0 Å². The van der Waals surface area contributed by atoms with Gasteiger partial charge in [0.2, 0.25) is 5.89 Å². The Morgan fingerprint density at radius 1 is 1.35 bits per heavy atom. The molecule has 0 fully saturated rings. The fourth-order valence-electron chi connectivity index (χ4n) is 1.99. The summed E-state index contributed by atoms with van der Waals surface area (Å²) in [6.45, 7) is 7.40. The maximum Gasteiger partial charge on any atom is 0.200 e. The highest BCUT2D eigenvalue weighted by Gasteiger charge is 2.22. The normalized spacial score (nSPS) is 14.0. The molecule has 23 heavy (non-hydrogen) atoms. The molecule has 0 unspecified atom stereocenters. The maximum absolute atomic E-state index is 12.2. The second kappa shape index (κ2) is 7.20. The molecule has 0 amide bonds.